The molecule has 0 spiro atoms. The van der Waals surface area contributed by atoms with Crippen molar-refractivity contribution in [2.75, 3.05) is 0 Å². The SMILES string of the molecule is C=CC(=O)NC(C)c1cccc2c1CN(C(=O)c1c(O)cc(O)c(Cl)c1C)C2. The van der Waals surface area contributed by atoms with Crippen LogP contribution in [0.25, 0.3) is 0 Å². The molecule has 0 radical (unpaired) electrons. The Morgan fingerprint density at radius 2 is 2.00 bits per heavy atom. The number of halogens is 1. The first-order chi connectivity index (χ1) is 13.2. The van der Waals surface area contributed by atoms with Gasteiger partial charge < -0.3 is 20.4 Å². The Morgan fingerprint density at radius 1 is 1.29 bits per heavy atom. The molecule has 2 aromatic rings. The first kappa shape index (κ1) is 19.8. The second-order valence-corrected chi connectivity index (χ2v) is 7.19. The fraction of sp³-hybridized carbons (Fsp3) is 0.238. The maximum atomic E-state index is 13.1. The van der Waals surface area contributed by atoms with Gasteiger partial charge in [-0.05, 0) is 42.2 Å². The van der Waals surface area contributed by atoms with Crippen molar-refractivity contribution in [1.82, 2.24) is 10.2 Å². The third-order valence-electron chi connectivity index (χ3n) is 4.99. The van der Waals surface area contributed by atoms with Gasteiger partial charge in [-0.2, -0.15) is 0 Å². The number of nitrogens with zero attached hydrogens (tertiary/aromatic N) is 1. The minimum Gasteiger partial charge on any atom is -0.507 e. The Morgan fingerprint density at radius 3 is 2.68 bits per heavy atom. The maximum Gasteiger partial charge on any atom is 0.258 e. The third-order valence-corrected chi connectivity index (χ3v) is 5.47. The normalized spacial score (nSPS) is 13.8. The van der Waals surface area contributed by atoms with E-state index in [2.05, 4.69) is 11.9 Å². The monoisotopic (exact) mass is 400 g/mol. The fourth-order valence-electron chi connectivity index (χ4n) is 3.53. The molecule has 3 rings (SSSR count). The Bertz CT molecular complexity index is 987. The Balaban J connectivity index is 1.91. The maximum absolute atomic E-state index is 13.1. The molecule has 3 N–H and O–H groups in total. The number of fused-ring (bicyclic) bond motifs is 1. The average Bonchev–Trinajstić information content (AvgIpc) is 3.10. The highest BCUT2D eigenvalue weighted by Crippen LogP contribution is 2.38. The van der Waals surface area contributed by atoms with Crippen LogP contribution in [0, 0.1) is 6.92 Å². The van der Waals surface area contributed by atoms with Crippen LogP contribution in [0.15, 0.2) is 36.9 Å². The number of carbonyl (C=O) groups is 2. The van der Waals surface area contributed by atoms with Gasteiger partial charge in [0.25, 0.3) is 5.91 Å². The number of hydrogen-bond donors (Lipinski definition) is 3. The van der Waals surface area contributed by atoms with Gasteiger partial charge in [0.05, 0.1) is 16.6 Å². The van der Waals surface area contributed by atoms with Gasteiger partial charge >= 0.3 is 0 Å². The zero-order valence-corrected chi connectivity index (χ0v) is 16.4. The van der Waals surface area contributed by atoms with Crippen LogP contribution >= 0.6 is 11.6 Å². The molecule has 28 heavy (non-hydrogen) atoms. The summed E-state index contributed by atoms with van der Waals surface area (Å²) in [6.45, 7) is 7.63. The largest absolute Gasteiger partial charge is 0.507 e. The van der Waals surface area contributed by atoms with Gasteiger partial charge in [0.2, 0.25) is 5.91 Å². The van der Waals surface area contributed by atoms with Crippen molar-refractivity contribution in [1.29, 1.82) is 0 Å². The van der Waals surface area contributed by atoms with Crippen molar-refractivity contribution >= 4 is 23.4 Å². The van der Waals surface area contributed by atoms with Crippen LogP contribution in [0.2, 0.25) is 5.02 Å². The Labute approximate surface area is 168 Å². The summed E-state index contributed by atoms with van der Waals surface area (Å²) in [6, 6.07) is 6.57. The lowest BCUT2D eigenvalue weighted by Gasteiger charge is -2.20. The highest BCUT2D eigenvalue weighted by Gasteiger charge is 2.30. The second kappa shape index (κ2) is 7.56. The first-order valence-corrected chi connectivity index (χ1v) is 9.16. The van der Waals surface area contributed by atoms with Gasteiger partial charge in [-0.1, -0.05) is 36.4 Å². The predicted molar refractivity (Wildman–Crippen MR) is 106 cm³/mol. The molecule has 7 heteroatoms. The van der Waals surface area contributed by atoms with Crippen LogP contribution in [0.5, 0.6) is 11.5 Å². The van der Waals surface area contributed by atoms with E-state index in [0.717, 1.165) is 22.8 Å². The Kier molecular flexibility index (Phi) is 5.34. The number of nitrogens with one attached hydrogen (secondary N) is 1. The summed E-state index contributed by atoms with van der Waals surface area (Å²) < 4.78 is 0. The van der Waals surface area contributed by atoms with E-state index in [1.165, 1.54) is 6.08 Å². The van der Waals surface area contributed by atoms with Gasteiger partial charge in [0, 0.05) is 19.2 Å². The minimum atomic E-state index is -0.373. The quantitative estimate of drug-likeness (QED) is 0.684. The van der Waals surface area contributed by atoms with Crippen molar-refractivity contribution in [3.63, 3.8) is 0 Å². The van der Waals surface area contributed by atoms with Gasteiger partial charge in [0.15, 0.2) is 0 Å². The molecule has 1 heterocycles. The molecule has 0 aromatic heterocycles. The van der Waals surface area contributed by atoms with Crippen molar-refractivity contribution in [3.05, 3.63) is 69.8 Å². The highest BCUT2D eigenvalue weighted by molar-refractivity contribution is 6.33. The van der Waals surface area contributed by atoms with Crippen molar-refractivity contribution in [2.45, 2.75) is 33.0 Å². The van der Waals surface area contributed by atoms with Crippen molar-refractivity contribution in [2.24, 2.45) is 0 Å². The lowest BCUT2D eigenvalue weighted by molar-refractivity contribution is -0.117. The highest BCUT2D eigenvalue weighted by atomic mass is 35.5. The summed E-state index contributed by atoms with van der Waals surface area (Å²) >= 11 is 6.04. The van der Waals surface area contributed by atoms with Crippen LogP contribution in [0.1, 0.15) is 45.6 Å². The predicted octanol–water partition coefficient (Wildman–Crippen LogP) is 3.58. The second-order valence-electron chi connectivity index (χ2n) is 6.81. The van der Waals surface area contributed by atoms with E-state index >= 15 is 0 Å². The number of phenols is 2. The molecule has 2 amide bonds. The molecule has 6 nitrogen and oxygen atoms in total. The van der Waals surface area contributed by atoms with E-state index in [4.69, 9.17) is 11.6 Å². The summed E-state index contributed by atoms with van der Waals surface area (Å²) in [7, 11) is 0. The molecule has 0 saturated heterocycles. The lowest BCUT2D eigenvalue weighted by Crippen LogP contribution is -2.27. The molecule has 2 aromatic carbocycles. The van der Waals surface area contributed by atoms with Gasteiger partial charge in [-0.3, -0.25) is 9.59 Å². The summed E-state index contributed by atoms with van der Waals surface area (Å²) in [5.74, 6) is -1.23. The zero-order valence-electron chi connectivity index (χ0n) is 15.6. The molecule has 146 valence electrons. The Hall–Kier alpha value is -2.99. The smallest absolute Gasteiger partial charge is 0.258 e. The molecular formula is C21H21ClN2O4. The number of rotatable bonds is 4. The van der Waals surface area contributed by atoms with Gasteiger partial charge in [-0.15, -0.1) is 0 Å². The molecular weight excluding hydrogens is 380 g/mol. The van der Waals surface area contributed by atoms with Gasteiger partial charge in [-0.25, -0.2) is 0 Å². The molecule has 1 aliphatic rings. The molecule has 0 aliphatic carbocycles. The number of amides is 2. The minimum absolute atomic E-state index is 0.0410. The molecule has 1 aliphatic heterocycles. The fourth-order valence-corrected chi connectivity index (χ4v) is 3.68. The number of aromatic hydroxyl groups is 2. The van der Waals surface area contributed by atoms with Crippen LogP contribution in [0.4, 0.5) is 0 Å². The summed E-state index contributed by atoms with van der Waals surface area (Å²) in [5, 5.41) is 22.8. The van der Waals surface area contributed by atoms with E-state index in [1.807, 2.05) is 25.1 Å². The average molecular weight is 401 g/mol. The third kappa shape index (κ3) is 3.43. The van der Waals surface area contributed by atoms with E-state index in [9.17, 15) is 19.8 Å². The summed E-state index contributed by atoms with van der Waals surface area (Å²) in [4.78, 5) is 26.3. The number of benzene rings is 2. The molecule has 1 unspecified atom stereocenters. The molecule has 0 bridgehead atoms. The molecule has 0 fully saturated rings. The first-order valence-electron chi connectivity index (χ1n) is 8.78. The topological polar surface area (TPSA) is 89.9 Å². The van der Waals surface area contributed by atoms with Crippen molar-refractivity contribution in [3.8, 4) is 11.5 Å². The van der Waals surface area contributed by atoms with E-state index in [-0.39, 0.29) is 39.9 Å². The van der Waals surface area contributed by atoms with Crippen LogP contribution in [-0.2, 0) is 17.9 Å². The van der Waals surface area contributed by atoms with Gasteiger partial charge in [0.1, 0.15) is 11.5 Å². The number of hydrogen-bond acceptors (Lipinski definition) is 4. The lowest BCUT2D eigenvalue weighted by atomic mass is 9.98. The number of carbonyl (C=O) groups excluding carboxylic acids is 2. The van der Waals surface area contributed by atoms with E-state index in [1.54, 1.807) is 11.8 Å². The van der Waals surface area contributed by atoms with Crippen molar-refractivity contribution < 1.29 is 19.8 Å². The van der Waals surface area contributed by atoms with Crippen LogP contribution in [-0.4, -0.2) is 26.9 Å². The summed E-state index contributed by atoms with van der Waals surface area (Å²) in [6.07, 6.45) is 1.22. The van der Waals surface area contributed by atoms with E-state index < -0.39 is 0 Å². The van der Waals surface area contributed by atoms with Crippen LogP contribution < -0.4 is 5.32 Å². The zero-order chi connectivity index (χ0) is 20.6. The van der Waals surface area contributed by atoms with Crippen LogP contribution in [0.3, 0.4) is 0 Å². The van der Waals surface area contributed by atoms with E-state index in [0.29, 0.717) is 18.7 Å². The summed E-state index contributed by atoms with van der Waals surface area (Å²) in [5.41, 5.74) is 3.27. The number of phenolic OH excluding ortho intramolecular Hbond substituents is 2. The molecule has 1 atom stereocenters. The standard InChI is InChI=1S/C21H21ClN2O4/c1-4-18(27)23-12(3)14-7-5-6-13-9-24(10-15(13)14)21(28)19-11(2)20(22)17(26)8-16(19)25/h4-8,12,25-26H,1,9-10H2,2-3H3,(H,23,27). The molecule has 0 saturated carbocycles.